The SMILES string of the molecule is CC(C)C1CCCC(O)(Cc2cccc(C(F)(F)F)c2)C1. The summed E-state index contributed by atoms with van der Waals surface area (Å²) in [4.78, 5) is 0. The summed E-state index contributed by atoms with van der Waals surface area (Å²) in [6.45, 7) is 4.28. The van der Waals surface area contributed by atoms with Crippen LogP contribution in [-0.4, -0.2) is 10.7 Å². The molecule has 21 heavy (non-hydrogen) atoms. The Morgan fingerprint density at radius 1 is 1.33 bits per heavy atom. The fourth-order valence-corrected chi connectivity index (χ4v) is 3.35. The second kappa shape index (κ2) is 5.99. The molecule has 0 heterocycles. The first-order valence-corrected chi connectivity index (χ1v) is 7.58. The normalized spacial score (nSPS) is 27.1. The van der Waals surface area contributed by atoms with Crippen LogP contribution in [0, 0.1) is 11.8 Å². The molecule has 0 bridgehead atoms. The van der Waals surface area contributed by atoms with E-state index in [1.807, 2.05) is 0 Å². The number of hydrogen-bond donors (Lipinski definition) is 1. The maximum absolute atomic E-state index is 12.7. The molecule has 0 radical (unpaired) electrons. The molecule has 2 unspecified atom stereocenters. The van der Waals surface area contributed by atoms with Crippen LogP contribution in [0.25, 0.3) is 0 Å². The first kappa shape index (κ1) is 16.3. The molecule has 2 rings (SSSR count). The Hall–Kier alpha value is -1.03. The van der Waals surface area contributed by atoms with Gasteiger partial charge in [0, 0.05) is 6.42 Å². The van der Waals surface area contributed by atoms with E-state index in [-0.39, 0.29) is 0 Å². The molecule has 0 aromatic heterocycles. The Balaban J connectivity index is 2.13. The highest BCUT2D eigenvalue weighted by Crippen LogP contribution is 2.39. The maximum atomic E-state index is 12.7. The van der Waals surface area contributed by atoms with Crippen LogP contribution >= 0.6 is 0 Å². The summed E-state index contributed by atoms with van der Waals surface area (Å²) in [7, 11) is 0. The number of benzene rings is 1. The van der Waals surface area contributed by atoms with Crippen LogP contribution in [0.5, 0.6) is 0 Å². The van der Waals surface area contributed by atoms with Crippen LogP contribution in [0.4, 0.5) is 13.2 Å². The lowest BCUT2D eigenvalue weighted by Crippen LogP contribution is -2.38. The monoisotopic (exact) mass is 300 g/mol. The third-order valence-electron chi connectivity index (χ3n) is 4.59. The van der Waals surface area contributed by atoms with E-state index in [1.165, 1.54) is 6.07 Å². The Bertz CT molecular complexity index is 481. The third kappa shape index (κ3) is 4.22. The molecule has 118 valence electrons. The van der Waals surface area contributed by atoms with Gasteiger partial charge in [-0.1, -0.05) is 38.5 Å². The van der Waals surface area contributed by atoms with Gasteiger partial charge in [-0.3, -0.25) is 0 Å². The van der Waals surface area contributed by atoms with E-state index in [0.29, 0.717) is 36.7 Å². The zero-order chi connectivity index (χ0) is 15.7. The fourth-order valence-electron chi connectivity index (χ4n) is 3.35. The average molecular weight is 300 g/mol. The molecule has 0 amide bonds. The lowest BCUT2D eigenvalue weighted by molar-refractivity contribution is -0.137. The van der Waals surface area contributed by atoms with E-state index in [2.05, 4.69) is 13.8 Å². The first-order valence-electron chi connectivity index (χ1n) is 7.58. The predicted octanol–water partition coefficient (Wildman–Crippen LogP) is 4.83. The van der Waals surface area contributed by atoms with E-state index in [9.17, 15) is 18.3 Å². The largest absolute Gasteiger partial charge is 0.416 e. The van der Waals surface area contributed by atoms with Crippen LogP contribution in [0.1, 0.15) is 50.7 Å². The molecule has 1 aliphatic carbocycles. The summed E-state index contributed by atoms with van der Waals surface area (Å²) in [5.41, 5.74) is -0.936. The number of hydrogen-bond acceptors (Lipinski definition) is 1. The standard InChI is InChI=1S/C17H23F3O/c1-12(2)14-6-4-8-16(21,11-14)10-13-5-3-7-15(9-13)17(18,19)20/h3,5,7,9,12,14,21H,4,6,8,10-11H2,1-2H3. The summed E-state index contributed by atoms with van der Waals surface area (Å²) >= 11 is 0. The molecule has 1 aliphatic rings. The van der Waals surface area contributed by atoms with Gasteiger partial charge in [0.2, 0.25) is 0 Å². The van der Waals surface area contributed by atoms with Crippen molar-refractivity contribution in [1.29, 1.82) is 0 Å². The number of aliphatic hydroxyl groups is 1. The van der Waals surface area contributed by atoms with Crippen LogP contribution in [0.15, 0.2) is 24.3 Å². The summed E-state index contributed by atoms with van der Waals surface area (Å²) in [5, 5.41) is 10.8. The average Bonchev–Trinajstić information content (AvgIpc) is 2.37. The van der Waals surface area contributed by atoms with Gasteiger partial charge in [0.25, 0.3) is 0 Å². The molecule has 1 nitrogen and oxygen atoms in total. The van der Waals surface area contributed by atoms with Crippen molar-refractivity contribution in [2.24, 2.45) is 11.8 Å². The summed E-state index contributed by atoms with van der Waals surface area (Å²) in [6, 6.07) is 5.33. The second-order valence-electron chi connectivity index (χ2n) is 6.70. The third-order valence-corrected chi connectivity index (χ3v) is 4.59. The van der Waals surface area contributed by atoms with E-state index >= 15 is 0 Å². The summed E-state index contributed by atoms with van der Waals surface area (Å²) in [6.07, 6.45) is -0.625. The number of halogens is 3. The number of rotatable bonds is 3. The predicted molar refractivity (Wildman–Crippen MR) is 76.9 cm³/mol. The van der Waals surface area contributed by atoms with Crippen LogP contribution < -0.4 is 0 Å². The zero-order valence-electron chi connectivity index (χ0n) is 12.6. The van der Waals surface area contributed by atoms with Crippen molar-refractivity contribution in [2.75, 3.05) is 0 Å². The first-order chi connectivity index (χ1) is 9.70. The van der Waals surface area contributed by atoms with Crippen molar-refractivity contribution >= 4 is 0 Å². The number of alkyl halides is 3. The van der Waals surface area contributed by atoms with Gasteiger partial charge in [-0.2, -0.15) is 13.2 Å². The van der Waals surface area contributed by atoms with E-state index in [4.69, 9.17) is 0 Å². The molecule has 2 atom stereocenters. The van der Waals surface area contributed by atoms with Crippen LogP contribution in [0.3, 0.4) is 0 Å². The van der Waals surface area contributed by atoms with Crippen molar-refractivity contribution in [3.63, 3.8) is 0 Å². The summed E-state index contributed by atoms with van der Waals surface area (Å²) in [5.74, 6) is 0.952. The highest BCUT2D eigenvalue weighted by molar-refractivity contribution is 5.27. The Kier molecular flexibility index (Phi) is 4.66. The van der Waals surface area contributed by atoms with Crippen molar-refractivity contribution < 1.29 is 18.3 Å². The van der Waals surface area contributed by atoms with Crippen molar-refractivity contribution in [3.05, 3.63) is 35.4 Å². The summed E-state index contributed by atoms with van der Waals surface area (Å²) < 4.78 is 38.2. The molecule has 1 saturated carbocycles. The Labute approximate surface area is 124 Å². The minimum Gasteiger partial charge on any atom is -0.390 e. The molecule has 0 spiro atoms. The molecule has 0 aliphatic heterocycles. The highest BCUT2D eigenvalue weighted by Gasteiger charge is 2.36. The van der Waals surface area contributed by atoms with Gasteiger partial charge in [0.1, 0.15) is 0 Å². The van der Waals surface area contributed by atoms with Gasteiger partial charge in [-0.25, -0.2) is 0 Å². The molecule has 0 saturated heterocycles. The fraction of sp³-hybridized carbons (Fsp3) is 0.647. The molecule has 1 fully saturated rings. The zero-order valence-corrected chi connectivity index (χ0v) is 12.6. The molecule has 4 heteroatoms. The van der Waals surface area contributed by atoms with Crippen LogP contribution in [-0.2, 0) is 12.6 Å². The topological polar surface area (TPSA) is 20.2 Å². The lowest BCUT2D eigenvalue weighted by atomic mass is 9.71. The van der Waals surface area contributed by atoms with Crippen molar-refractivity contribution in [3.8, 4) is 0 Å². The van der Waals surface area contributed by atoms with Crippen molar-refractivity contribution in [2.45, 2.75) is 57.7 Å². The van der Waals surface area contributed by atoms with Crippen molar-refractivity contribution in [1.82, 2.24) is 0 Å². The van der Waals surface area contributed by atoms with Gasteiger partial charge in [-0.05, 0) is 42.7 Å². The molecular weight excluding hydrogens is 277 g/mol. The molecular formula is C17H23F3O. The van der Waals surface area contributed by atoms with Gasteiger partial charge in [0.15, 0.2) is 0 Å². The quantitative estimate of drug-likeness (QED) is 0.848. The Morgan fingerprint density at radius 2 is 2.05 bits per heavy atom. The van der Waals surface area contributed by atoms with E-state index < -0.39 is 17.3 Å². The van der Waals surface area contributed by atoms with Gasteiger partial charge in [0.05, 0.1) is 11.2 Å². The van der Waals surface area contributed by atoms with E-state index in [0.717, 1.165) is 25.0 Å². The minimum absolute atomic E-state index is 0.306. The Morgan fingerprint density at radius 3 is 2.67 bits per heavy atom. The minimum atomic E-state index is -4.33. The lowest BCUT2D eigenvalue weighted by Gasteiger charge is -2.38. The molecule has 1 aromatic carbocycles. The van der Waals surface area contributed by atoms with Gasteiger partial charge >= 0.3 is 6.18 Å². The van der Waals surface area contributed by atoms with Crippen LogP contribution in [0.2, 0.25) is 0 Å². The highest BCUT2D eigenvalue weighted by atomic mass is 19.4. The smallest absolute Gasteiger partial charge is 0.390 e. The molecule has 1 N–H and O–H groups in total. The van der Waals surface area contributed by atoms with E-state index in [1.54, 1.807) is 6.07 Å². The second-order valence-corrected chi connectivity index (χ2v) is 6.70. The van der Waals surface area contributed by atoms with Gasteiger partial charge in [-0.15, -0.1) is 0 Å². The van der Waals surface area contributed by atoms with Gasteiger partial charge < -0.3 is 5.11 Å². The molecule has 1 aromatic rings. The maximum Gasteiger partial charge on any atom is 0.416 e.